The predicted molar refractivity (Wildman–Crippen MR) is 71.5 cm³/mol. The van der Waals surface area contributed by atoms with Gasteiger partial charge in [0.1, 0.15) is 5.60 Å². The number of carbonyl (C=O) groups is 1. The van der Waals surface area contributed by atoms with Crippen LogP contribution in [0.1, 0.15) is 52.9 Å². The number of rotatable bonds is 6. The van der Waals surface area contributed by atoms with Gasteiger partial charge in [0.2, 0.25) is 0 Å². The summed E-state index contributed by atoms with van der Waals surface area (Å²) in [6.45, 7) is 8.16. The van der Waals surface area contributed by atoms with Crippen molar-refractivity contribution in [2.24, 2.45) is 0 Å². The molecule has 0 bridgehead atoms. The molecule has 1 fully saturated rings. The second-order valence-electron chi connectivity index (χ2n) is 5.86. The highest BCUT2D eigenvalue weighted by atomic mass is 16.6. The maximum atomic E-state index is 11.4. The van der Waals surface area contributed by atoms with Gasteiger partial charge in [-0.2, -0.15) is 0 Å². The molecule has 0 saturated carbocycles. The van der Waals surface area contributed by atoms with Gasteiger partial charge in [-0.15, -0.1) is 0 Å². The van der Waals surface area contributed by atoms with E-state index in [-0.39, 0.29) is 11.6 Å². The fourth-order valence-electron chi connectivity index (χ4n) is 2.01. The Bertz CT molecular complexity index is 242. The minimum Gasteiger partial charge on any atom is -0.460 e. The number of ether oxygens (including phenoxy) is 2. The first-order chi connectivity index (χ1) is 8.47. The average molecular weight is 257 g/mol. The number of esters is 1. The van der Waals surface area contributed by atoms with Gasteiger partial charge < -0.3 is 14.8 Å². The van der Waals surface area contributed by atoms with Crippen LogP contribution in [0.3, 0.4) is 0 Å². The summed E-state index contributed by atoms with van der Waals surface area (Å²) in [6.07, 6.45) is 5.53. The van der Waals surface area contributed by atoms with Gasteiger partial charge in [-0.05, 0) is 53.0 Å². The van der Waals surface area contributed by atoms with E-state index < -0.39 is 0 Å². The summed E-state index contributed by atoms with van der Waals surface area (Å²) >= 11 is 0. The monoisotopic (exact) mass is 257 g/mol. The van der Waals surface area contributed by atoms with E-state index in [1.54, 1.807) is 0 Å². The van der Waals surface area contributed by atoms with Crippen LogP contribution in [0.15, 0.2) is 0 Å². The zero-order chi connectivity index (χ0) is 13.4. The highest BCUT2D eigenvalue weighted by Crippen LogP contribution is 2.14. The molecule has 1 atom stereocenters. The third kappa shape index (κ3) is 7.67. The molecule has 0 aromatic heterocycles. The van der Waals surface area contributed by atoms with Gasteiger partial charge in [-0.25, -0.2) is 0 Å². The smallest absolute Gasteiger partial charge is 0.307 e. The number of nitrogens with one attached hydrogen (secondary N) is 1. The lowest BCUT2D eigenvalue weighted by Crippen LogP contribution is -2.29. The summed E-state index contributed by atoms with van der Waals surface area (Å²) in [6, 6.07) is 0. The topological polar surface area (TPSA) is 47.6 Å². The van der Waals surface area contributed by atoms with Crippen molar-refractivity contribution in [3.8, 4) is 0 Å². The molecule has 1 saturated heterocycles. The summed E-state index contributed by atoms with van der Waals surface area (Å²) < 4.78 is 10.9. The normalized spacial score (nSPS) is 20.7. The van der Waals surface area contributed by atoms with Crippen LogP contribution in [0.2, 0.25) is 0 Å². The molecular formula is C14H27NO3. The van der Waals surface area contributed by atoms with Crippen molar-refractivity contribution >= 4 is 5.97 Å². The molecule has 0 aromatic rings. The SMILES string of the molecule is CC(C)(C)OC(=O)CCNCCC1CCCCO1. The Morgan fingerprint density at radius 3 is 2.72 bits per heavy atom. The molecule has 0 radical (unpaired) electrons. The van der Waals surface area contributed by atoms with Gasteiger partial charge >= 0.3 is 5.97 Å². The summed E-state index contributed by atoms with van der Waals surface area (Å²) in [5.41, 5.74) is -0.382. The largest absolute Gasteiger partial charge is 0.460 e. The lowest BCUT2D eigenvalue weighted by molar-refractivity contribution is -0.154. The summed E-state index contributed by atoms with van der Waals surface area (Å²) in [5, 5.41) is 3.27. The van der Waals surface area contributed by atoms with Crippen molar-refractivity contribution < 1.29 is 14.3 Å². The van der Waals surface area contributed by atoms with Crippen molar-refractivity contribution in [1.82, 2.24) is 5.32 Å². The molecule has 1 unspecified atom stereocenters. The van der Waals surface area contributed by atoms with Crippen LogP contribution in [-0.2, 0) is 14.3 Å². The quantitative estimate of drug-likeness (QED) is 0.586. The highest BCUT2D eigenvalue weighted by molar-refractivity contribution is 5.70. The van der Waals surface area contributed by atoms with Crippen LogP contribution in [0.25, 0.3) is 0 Å². The maximum absolute atomic E-state index is 11.4. The molecule has 1 aliphatic heterocycles. The lowest BCUT2D eigenvalue weighted by Gasteiger charge is -2.22. The van der Waals surface area contributed by atoms with Crippen molar-refractivity contribution in [2.75, 3.05) is 19.7 Å². The van der Waals surface area contributed by atoms with Gasteiger partial charge in [0.05, 0.1) is 12.5 Å². The number of carbonyl (C=O) groups excluding carboxylic acids is 1. The molecule has 1 rings (SSSR count). The summed E-state index contributed by atoms with van der Waals surface area (Å²) in [5.74, 6) is -0.135. The average Bonchev–Trinajstić information content (AvgIpc) is 2.27. The molecule has 106 valence electrons. The second-order valence-corrected chi connectivity index (χ2v) is 5.86. The van der Waals surface area contributed by atoms with E-state index in [0.29, 0.717) is 19.1 Å². The van der Waals surface area contributed by atoms with Crippen LogP contribution in [-0.4, -0.2) is 37.4 Å². The third-order valence-corrected chi connectivity index (χ3v) is 2.84. The van der Waals surface area contributed by atoms with E-state index in [9.17, 15) is 4.79 Å². The summed E-state index contributed by atoms with van der Waals surface area (Å²) in [7, 11) is 0. The Morgan fingerprint density at radius 1 is 1.33 bits per heavy atom. The van der Waals surface area contributed by atoms with E-state index in [1.165, 1.54) is 19.3 Å². The van der Waals surface area contributed by atoms with Gasteiger partial charge in [0, 0.05) is 13.2 Å². The number of hydrogen-bond acceptors (Lipinski definition) is 4. The first kappa shape index (κ1) is 15.4. The Labute approximate surface area is 110 Å². The second kappa shape index (κ2) is 7.74. The van der Waals surface area contributed by atoms with Gasteiger partial charge in [-0.3, -0.25) is 4.79 Å². The van der Waals surface area contributed by atoms with Crippen LogP contribution < -0.4 is 5.32 Å². The molecule has 1 heterocycles. The molecule has 0 aromatic carbocycles. The predicted octanol–water partition coefficient (Wildman–Crippen LogP) is 2.27. The van der Waals surface area contributed by atoms with Gasteiger partial charge in [0.15, 0.2) is 0 Å². The minimum atomic E-state index is -0.382. The molecule has 4 heteroatoms. The van der Waals surface area contributed by atoms with Crippen LogP contribution in [0.4, 0.5) is 0 Å². The van der Waals surface area contributed by atoms with E-state index in [0.717, 1.165) is 19.6 Å². The van der Waals surface area contributed by atoms with Crippen molar-refractivity contribution in [3.05, 3.63) is 0 Å². The molecule has 4 nitrogen and oxygen atoms in total. The first-order valence-corrected chi connectivity index (χ1v) is 7.01. The van der Waals surface area contributed by atoms with Crippen LogP contribution in [0, 0.1) is 0 Å². The standard InChI is InChI=1S/C14H27NO3/c1-14(2,3)18-13(16)8-10-15-9-7-12-6-4-5-11-17-12/h12,15H,4-11H2,1-3H3. The zero-order valence-electron chi connectivity index (χ0n) is 12.0. The Morgan fingerprint density at radius 2 is 2.11 bits per heavy atom. The van der Waals surface area contributed by atoms with Crippen LogP contribution in [0.5, 0.6) is 0 Å². The van der Waals surface area contributed by atoms with Crippen molar-refractivity contribution in [1.29, 1.82) is 0 Å². The van der Waals surface area contributed by atoms with Crippen LogP contribution >= 0.6 is 0 Å². The molecular weight excluding hydrogens is 230 g/mol. The molecule has 1 N–H and O–H groups in total. The van der Waals surface area contributed by atoms with E-state index in [2.05, 4.69) is 5.32 Å². The Balaban J connectivity index is 1.96. The van der Waals surface area contributed by atoms with E-state index in [1.807, 2.05) is 20.8 Å². The van der Waals surface area contributed by atoms with Crippen molar-refractivity contribution in [2.45, 2.75) is 64.6 Å². The zero-order valence-corrected chi connectivity index (χ0v) is 12.0. The van der Waals surface area contributed by atoms with Gasteiger partial charge in [0.25, 0.3) is 0 Å². The molecule has 0 aliphatic carbocycles. The van der Waals surface area contributed by atoms with Gasteiger partial charge in [-0.1, -0.05) is 0 Å². The molecule has 1 aliphatic rings. The van der Waals surface area contributed by atoms with Crippen molar-refractivity contribution in [3.63, 3.8) is 0 Å². The summed E-state index contributed by atoms with van der Waals surface area (Å²) in [4.78, 5) is 11.4. The first-order valence-electron chi connectivity index (χ1n) is 7.01. The fourth-order valence-corrected chi connectivity index (χ4v) is 2.01. The van der Waals surface area contributed by atoms with E-state index >= 15 is 0 Å². The Kier molecular flexibility index (Phi) is 6.65. The third-order valence-electron chi connectivity index (χ3n) is 2.84. The number of hydrogen-bond donors (Lipinski definition) is 1. The molecule has 18 heavy (non-hydrogen) atoms. The highest BCUT2D eigenvalue weighted by Gasteiger charge is 2.16. The van der Waals surface area contributed by atoms with E-state index in [4.69, 9.17) is 9.47 Å². The fraction of sp³-hybridized carbons (Fsp3) is 0.929. The minimum absolute atomic E-state index is 0.135. The maximum Gasteiger partial charge on any atom is 0.307 e. The Hall–Kier alpha value is -0.610. The molecule has 0 spiro atoms. The lowest BCUT2D eigenvalue weighted by atomic mass is 10.1. The molecule has 0 amide bonds.